The normalized spacial score (nSPS) is 11.5. The lowest BCUT2D eigenvalue weighted by Gasteiger charge is -2.17. The summed E-state index contributed by atoms with van der Waals surface area (Å²) in [7, 11) is 0. The summed E-state index contributed by atoms with van der Waals surface area (Å²) in [6.45, 7) is 11.4. The molecule has 2 heteroatoms. The van der Waals surface area contributed by atoms with E-state index in [0.29, 0.717) is 0 Å². The SMILES string of the molecule is CCCCCCCCc1cc(CCCCCCCC)cc(C(=CC(=C=[N+]=[N-])CCCC)c2cc(CCCC)cc(CCCC)c2)c1. The molecule has 0 heterocycles. The quantitative estimate of drug-likeness (QED) is 0.0328. The van der Waals surface area contributed by atoms with Gasteiger partial charge in [-0.2, -0.15) is 0 Å². The van der Waals surface area contributed by atoms with Gasteiger partial charge in [0.2, 0.25) is 0 Å². The first-order chi connectivity index (χ1) is 22.6. The predicted molar refractivity (Wildman–Crippen MR) is 203 cm³/mol. The van der Waals surface area contributed by atoms with Gasteiger partial charge in [0, 0.05) is 0 Å². The van der Waals surface area contributed by atoms with Crippen molar-refractivity contribution >= 4 is 11.4 Å². The molecule has 0 aliphatic carbocycles. The highest BCUT2D eigenvalue weighted by Gasteiger charge is 2.14. The van der Waals surface area contributed by atoms with Gasteiger partial charge in [0.15, 0.2) is 0 Å². The van der Waals surface area contributed by atoms with E-state index in [2.05, 4.69) is 87.8 Å². The summed E-state index contributed by atoms with van der Waals surface area (Å²) in [6, 6.07) is 14.8. The van der Waals surface area contributed by atoms with Crippen LogP contribution in [0, 0.1) is 0 Å². The molecule has 2 rings (SSSR count). The molecule has 0 saturated carbocycles. The molecule has 0 saturated heterocycles. The fraction of sp³-hybridized carbons (Fsp3) is 0.636. The minimum atomic E-state index is 0.865. The van der Waals surface area contributed by atoms with Crippen LogP contribution in [0.1, 0.15) is 190 Å². The van der Waals surface area contributed by atoms with Crippen LogP contribution in [0.25, 0.3) is 11.1 Å². The zero-order valence-corrected chi connectivity index (χ0v) is 30.7. The van der Waals surface area contributed by atoms with Gasteiger partial charge in [0.05, 0.1) is 5.57 Å². The lowest BCUT2D eigenvalue weighted by atomic mass is 9.88. The molecule has 0 aromatic heterocycles. The van der Waals surface area contributed by atoms with Crippen molar-refractivity contribution in [1.82, 2.24) is 0 Å². The van der Waals surface area contributed by atoms with Gasteiger partial charge in [-0.3, -0.25) is 0 Å². The van der Waals surface area contributed by atoms with Crippen LogP contribution < -0.4 is 0 Å². The lowest BCUT2D eigenvalue weighted by Crippen LogP contribution is -2.00. The van der Waals surface area contributed by atoms with E-state index in [4.69, 9.17) is 0 Å². The number of hydrogen-bond donors (Lipinski definition) is 0. The van der Waals surface area contributed by atoms with Crippen LogP contribution in [-0.4, -0.2) is 10.7 Å². The van der Waals surface area contributed by atoms with Crippen molar-refractivity contribution in [3.05, 3.63) is 87.0 Å². The largest absolute Gasteiger partial charge is 0.348 e. The summed E-state index contributed by atoms with van der Waals surface area (Å²) in [5, 5.41) is 0. The van der Waals surface area contributed by atoms with Gasteiger partial charge < -0.3 is 5.53 Å². The third-order valence-corrected chi connectivity index (χ3v) is 9.32. The van der Waals surface area contributed by atoms with Crippen LogP contribution in [0.15, 0.2) is 48.0 Å². The molecule has 2 aromatic rings. The minimum Gasteiger partial charge on any atom is -0.348 e. The first-order valence-electron chi connectivity index (χ1n) is 19.5. The van der Waals surface area contributed by atoms with Gasteiger partial charge in [-0.15, -0.1) is 4.79 Å². The topological polar surface area (TPSA) is 36.4 Å². The van der Waals surface area contributed by atoms with Crippen molar-refractivity contribution in [2.24, 2.45) is 0 Å². The number of rotatable bonds is 26. The van der Waals surface area contributed by atoms with E-state index in [1.165, 1.54) is 142 Å². The van der Waals surface area contributed by atoms with E-state index in [-0.39, 0.29) is 0 Å². The Bertz CT molecular complexity index is 1160. The average Bonchev–Trinajstić information content (AvgIpc) is 3.07. The van der Waals surface area contributed by atoms with E-state index in [0.717, 1.165) is 50.5 Å². The Morgan fingerprint density at radius 3 is 1.26 bits per heavy atom. The molecule has 0 amide bonds. The molecule has 0 fully saturated rings. The third-order valence-electron chi connectivity index (χ3n) is 9.32. The zero-order chi connectivity index (χ0) is 33.2. The van der Waals surface area contributed by atoms with Crippen LogP contribution in [0.4, 0.5) is 0 Å². The van der Waals surface area contributed by atoms with Gasteiger partial charge >= 0.3 is 5.87 Å². The summed E-state index contributed by atoms with van der Waals surface area (Å²) in [5.41, 5.74) is 20.3. The molecule has 2 nitrogen and oxygen atoms in total. The smallest absolute Gasteiger partial charge is 0.303 e. The van der Waals surface area contributed by atoms with E-state index in [1.54, 1.807) is 0 Å². The molecule has 0 unspecified atom stereocenters. The highest BCUT2D eigenvalue weighted by atomic mass is 14.8. The van der Waals surface area contributed by atoms with E-state index in [9.17, 15) is 5.53 Å². The Hall–Kier alpha value is -2.66. The van der Waals surface area contributed by atoms with Crippen molar-refractivity contribution < 1.29 is 4.79 Å². The average molecular weight is 625 g/mol. The second kappa shape index (κ2) is 25.4. The zero-order valence-electron chi connectivity index (χ0n) is 30.7. The standard InChI is InChI=1S/C44H68N2/c1-6-11-16-18-20-22-27-39-30-40(28-23-21-19-17-12-7-2)34-43(33-39)44(35-41(36-46-45)26-15-10-5)42-31-37(24-13-8-3)29-38(32-42)25-14-9-4/h29-35H,6-28H2,1-5H3. The van der Waals surface area contributed by atoms with Gasteiger partial charge in [-0.05, 0) is 109 Å². The maximum Gasteiger partial charge on any atom is 0.303 e. The first kappa shape index (κ1) is 39.5. The monoisotopic (exact) mass is 625 g/mol. The van der Waals surface area contributed by atoms with Crippen LogP contribution in [0.2, 0.25) is 0 Å². The molecule has 0 aliphatic rings. The van der Waals surface area contributed by atoms with Crippen LogP contribution in [0.5, 0.6) is 0 Å². The molecule has 0 spiro atoms. The molecule has 0 bridgehead atoms. The van der Waals surface area contributed by atoms with Gasteiger partial charge in [-0.25, -0.2) is 0 Å². The Kier molecular flexibility index (Phi) is 21.8. The summed E-state index contributed by atoms with van der Waals surface area (Å²) < 4.78 is 0. The van der Waals surface area contributed by atoms with E-state index in [1.807, 2.05) is 0 Å². The fourth-order valence-electron chi connectivity index (χ4n) is 6.49. The molecule has 254 valence electrons. The Morgan fingerprint density at radius 1 is 0.500 bits per heavy atom. The molecular weight excluding hydrogens is 556 g/mol. The minimum absolute atomic E-state index is 0.865. The first-order valence-corrected chi connectivity index (χ1v) is 19.5. The molecule has 2 aromatic carbocycles. The van der Waals surface area contributed by atoms with Gasteiger partial charge in [0.25, 0.3) is 0 Å². The highest BCUT2D eigenvalue weighted by molar-refractivity contribution is 5.84. The highest BCUT2D eigenvalue weighted by Crippen LogP contribution is 2.31. The molecule has 46 heavy (non-hydrogen) atoms. The number of aryl methyl sites for hydroxylation is 4. The van der Waals surface area contributed by atoms with Crippen molar-refractivity contribution in [3.8, 4) is 0 Å². The summed E-state index contributed by atoms with van der Waals surface area (Å²) in [6.07, 6.45) is 30.6. The fourth-order valence-corrected chi connectivity index (χ4v) is 6.49. The molecule has 0 radical (unpaired) electrons. The van der Waals surface area contributed by atoms with E-state index >= 15 is 0 Å². The molecule has 0 atom stereocenters. The number of hydrogen-bond acceptors (Lipinski definition) is 0. The summed E-state index contributed by atoms with van der Waals surface area (Å²) >= 11 is 0. The van der Waals surface area contributed by atoms with Gasteiger partial charge in [0.1, 0.15) is 0 Å². The molecular formula is C44H68N2. The lowest BCUT2D eigenvalue weighted by molar-refractivity contribution is 0.00746. The number of nitrogens with zero attached hydrogens (tertiary/aromatic N) is 2. The van der Waals surface area contributed by atoms with Crippen molar-refractivity contribution in [3.63, 3.8) is 0 Å². The van der Waals surface area contributed by atoms with Crippen LogP contribution in [-0.2, 0) is 25.7 Å². The van der Waals surface area contributed by atoms with Gasteiger partial charge in [-0.1, -0.05) is 154 Å². The third kappa shape index (κ3) is 16.3. The second-order valence-corrected chi connectivity index (χ2v) is 13.7. The number of unbranched alkanes of at least 4 members (excludes halogenated alkanes) is 13. The van der Waals surface area contributed by atoms with E-state index < -0.39 is 0 Å². The van der Waals surface area contributed by atoms with Crippen molar-refractivity contribution in [2.45, 2.75) is 182 Å². The second-order valence-electron chi connectivity index (χ2n) is 13.7. The van der Waals surface area contributed by atoms with Crippen molar-refractivity contribution in [2.75, 3.05) is 0 Å². The number of benzene rings is 2. The Balaban J connectivity index is 2.62. The molecule has 0 N–H and O–H groups in total. The summed E-state index contributed by atoms with van der Waals surface area (Å²) in [5.74, 6) is 2.95. The number of allylic oxidation sites excluding steroid dienone is 2. The maximum atomic E-state index is 9.57. The van der Waals surface area contributed by atoms with Crippen LogP contribution >= 0.6 is 0 Å². The van der Waals surface area contributed by atoms with Crippen LogP contribution in [0.3, 0.4) is 0 Å². The molecule has 0 aliphatic heterocycles. The maximum absolute atomic E-state index is 9.57. The Labute approximate surface area is 284 Å². The predicted octanol–water partition coefficient (Wildman–Crippen LogP) is 13.6. The Morgan fingerprint density at radius 2 is 0.870 bits per heavy atom. The summed E-state index contributed by atoms with van der Waals surface area (Å²) in [4.78, 5) is 3.39. The van der Waals surface area contributed by atoms with Crippen molar-refractivity contribution in [1.29, 1.82) is 0 Å².